The summed E-state index contributed by atoms with van der Waals surface area (Å²) in [6.07, 6.45) is 1.57. The maximum Gasteiger partial charge on any atom is 0.326 e. The van der Waals surface area contributed by atoms with Crippen LogP contribution < -0.4 is 4.90 Å². The summed E-state index contributed by atoms with van der Waals surface area (Å²) in [5.74, 6) is -0.716. The van der Waals surface area contributed by atoms with Crippen molar-refractivity contribution in [1.82, 2.24) is 0 Å². The molecule has 80 valence electrons. The Morgan fingerprint density at radius 2 is 2.27 bits per heavy atom. The number of hydrogen-bond donors (Lipinski definition) is 1. The first-order valence-corrected chi connectivity index (χ1v) is 5.31. The summed E-state index contributed by atoms with van der Waals surface area (Å²) in [4.78, 5) is 13.1. The molecule has 0 radical (unpaired) electrons. The van der Waals surface area contributed by atoms with E-state index in [0.29, 0.717) is 6.42 Å². The van der Waals surface area contributed by atoms with Gasteiger partial charge in [0.05, 0.1) is 0 Å². The number of nitrogens with zero attached hydrogens (tertiary/aromatic N) is 1. The number of likely N-dealkylation sites (N-methyl/N-ethyl adjacent to an activating group) is 1. The van der Waals surface area contributed by atoms with Crippen LogP contribution in [-0.4, -0.2) is 23.7 Å². The van der Waals surface area contributed by atoms with Gasteiger partial charge >= 0.3 is 5.97 Å². The smallest absolute Gasteiger partial charge is 0.326 e. The monoisotopic (exact) mass is 205 g/mol. The Bertz CT molecular complexity index is 376. The van der Waals surface area contributed by atoms with Crippen LogP contribution in [-0.2, 0) is 11.2 Å². The van der Waals surface area contributed by atoms with Gasteiger partial charge in [-0.2, -0.15) is 0 Å². The van der Waals surface area contributed by atoms with Crippen molar-refractivity contribution < 1.29 is 9.90 Å². The third kappa shape index (κ3) is 1.69. The number of rotatable bonds is 2. The Hall–Kier alpha value is -1.51. The lowest BCUT2D eigenvalue weighted by Gasteiger charge is -2.35. The van der Waals surface area contributed by atoms with Gasteiger partial charge in [0, 0.05) is 12.2 Å². The van der Waals surface area contributed by atoms with Crippen LogP contribution in [0.4, 0.5) is 5.69 Å². The van der Waals surface area contributed by atoms with Crippen LogP contribution in [0.2, 0.25) is 0 Å². The molecule has 3 heteroatoms. The standard InChI is InChI=1S/C12H15NO2/c1-2-13-10-6-4-3-5-9(10)7-8-11(13)12(14)15/h3-6,11H,2,7-8H2,1H3,(H,14,15). The number of carboxylic acid groups (broad SMARTS) is 1. The molecule has 1 atom stereocenters. The molecule has 0 aliphatic carbocycles. The average molecular weight is 205 g/mol. The van der Waals surface area contributed by atoms with Crippen LogP contribution in [0, 0.1) is 0 Å². The van der Waals surface area contributed by atoms with Gasteiger partial charge in [-0.1, -0.05) is 18.2 Å². The molecule has 1 aromatic carbocycles. The molecule has 0 saturated carbocycles. The lowest BCUT2D eigenvalue weighted by molar-refractivity contribution is -0.138. The van der Waals surface area contributed by atoms with Gasteiger partial charge in [0.2, 0.25) is 0 Å². The van der Waals surface area contributed by atoms with Crippen molar-refractivity contribution in [1.29, 1.82) is 0 Å². The van der Waals surface area contributed by atoms with Gasteiger partial charge < -0.3 is 10.0 Å². The van der Waals surface area contributed by atoms with E-state index in [-0.39, 0.29) is 6.04 Å². The number of benzene rings is 1. The topological polar surface area (TPSA) is 40.5 Å². The molecule has 0 amide bonds. The SMILES string of the molecule is CCN1c2ccccc2CCC1C(=O)O. The Kier molecular flexibility index (Phi) is 2.62. The summed E-state index contributed by atoms with van der Waals surface area (Å²) in [5.41, 5.74) is 2.34. The molecule has 2 rings (SSSR count). The summed E-state index contributed by atoms with van der Waals surface area (Å²) < 4.78 is 0. The number of anilines is 1. The van der Waals surface area contributed by atoms with E-state index in [1.807, 2.05) is 30.0 Å². The summed E-state index contributed by atoms with van der Waals surface area (Å²) >= 11 is 0. The molecule has 1 heterocycles. The number of aryl methyl sites for hydroxylation is 1. The predicted octanol–water partition coefficient (Wildman–Crippen LogP) is 1.91. The summed E-state index contributed by atoms with van der Waals surface area (Å²) in [6.45, 7) is 2.74. The second-order valence-corrected chi connectivity index (χ2v) is 3.81. The van der Waals surface area contributed by atoms with Crippen LogP contribution in [0.15, 0.2) is 24.3 Å². The van der Waals surface area contributed by atoms with Crippen LogP contribution in [0.5, 0.6) is 0 Å². The highest BCUT2D eigenvalue weighted by atomic mass is 16.4. The number of carboxylic acids is 1. The van der Waals surface area contributed by atoms with Crippen molar-refractivity contribution >= 4 is 11.7 Å². The summed E-state index contributed by atoms with van der Waals surface area (Å²) in [5, 5.41) is 9.12. The molecule has 0 spiro atoms. The van der Waals surface area contributed by atoms with Gasteiger partial charge in [-0.3, -0.25) is 0 Å². The lowest BCUT2D eigenvalue weighted by Crippen LogP contribution is -2.44. The van der Waals surface area contributed by atoms with E-state index in [1.54, 1.807) is 0 Å². The lowest BCUT2D eigenvalue weighted by atomic mass is 9.96. The molecule has 1 aromatic rings. The largest absolute Gasteiger partial charge is 0.480 e. The van der Waals surface area contributed by atoms with Crippen molar-refractivity contribution in [2.45, 2.75) is 25.8 Å². The van der Waals surface area contributed by atoms with Crippen LogP contribution in [0.1, 0.15) is 18.9 Å². The van der Waals surface area contributed by atoms with E-state index in [2.05, 4.69) is 6.07 Å². The highest BCUT2D eigenvalue weighted by Crippen LogP contribution is 2.30. The first-order chi connectivity index (χ1) is 7.24. The normalized spacial score (nSPS) is 19.8. The van der Waals surface area contributed by atoms with Crippen molar-refractivity contribution in [3.05, 3.63) is 29.8 Å². The van der Waals surface area contributed by atoms with Crippen molar-refractivity contribution in [2.75, 3.05) is 11.4 Å². The fourth-order valence-corrected chi connectivity index (χ4v) is 2.27. The number of hydrogen-bond acceptors (Lipinski definition) is 2. The Labute approximate surface area is 89.3 Å². The Morgan fingerprint density at radius 3 is 2.93 bits per heavy atom. The third-order valence-electron chi connectivity index (χ3n) is 2.99. The first kappa shape index (κ1) is 10.0. The minimum absolute atomic E-state index is 0.357. The highest BCUT2D eigenvalue weighted by Gasteiger charge is 2.29. The summed E-state index contributed by atoms with van der Waals surface area (Å²) in [7, 11) is 0. The van der Waals surface area contributed by atoms with Crippen molar-refractivity contribution in [3.63, 3.8) is 0 Å². The van der Waals surface area contributed by atoms with Crippen LogP contribution in [0.25, 0.3) is 0 Å². The van der Waals surface area contributed by atoms with Gasteiger partial charge in [0.1, 0.15) is 6.04 Å². The maximum atomic E-state index is 11.1. The molecule has 0 bridgehead atoms. The van der Waals surface area contributed by atoms with E-state index in [9.17, 15) is 4.79 Å². The minimum Gasteiger partial charge on any atom is -0.480 e. The molecule has 0 aromatic heterocycles. The second kappa shape index (κ2) is 3.93. The van der Waals surface area contributed by atoms with Gasteiger partial charge in [-0.25, -0.2) is 4.79 Å². The molecular weight excluding hydrogens is 190 g/mol. The van der Waals surface area contributed by atoms with E-state index >= 15 is 0 Å². The zero-order valence-corrected chi connectivity index (χ0v) is 8.81. The molecule has 0 saturated heterocycles. The summed E-state index contributed by atoms with van der Waals surface area (Å²) in [6, 6.07) is 7.70. The molecule has 1 N–H and O–H groups in total. The van der Waals surface area contributed by atoms with E-state index < -0.39 is 5.97 Å². The average Bonchev–Trinajstić information content (AvgIpc) is 2.27. The Morgan fingerprint density at radius 1 is 1.53 bits per heavy atom. The van der Waals surface area contributed by atoms with Gasteiger partial charge in [0.15, 0.2) is 0 Å². The van der Waals surface area contributed by atoms with Crippen LogP contribution >= 0.6 is 0 Å². The zero-order valence-electron chi connectivity index (χ0n) is 8.81. The number of aliphatic carboxylic acids is 1. The second-order valence-electron chi connectivity index (χ2n) is 3.81. The fourth-order valence-electron chi connectivity index (χ4n) is 2.27. The van der Waals surface area contributed by atoms with Gasteiger partial charge in [-0.05, 0) is 31.4 Å². The first-order valence-electron chi connectivity index (χ1n) is 5.31. The zero-order chi connectivity index (χ0) is 10.8. The highest BCUT2D eigenvalue weighted by molar-refractivity contribution is 5.79. The molecule has 1 unspecified atom stereocenters. The minimum atomic E-state index is -0.716. The number of carbonyl (C=O) groups is 1. The fraction of sp³-hybridized carbons (Fsp3) is 0.417. The molecule has 0 fully saturated rings. The van der Waals surface area contributed by atoms with Crippen molar-refractivity contribution in [2.24, 2.45) is 0 Å². The third-order valence-corrected chi connectivity index (χ3v) is 2.99. The molecule has 3 nitrogen and oxygen atoms in total. The van der Waals surface area contributed by atoms with Gasteiger partial charge in [0.25, 0.3) is 0 Å². The Balaban J connectivity index is 2.38. The molecule has 15 heavy (non-hydrogen) atoms. The molecule has 1 aliphatic heterocycles. The number of fused-ring (bicyclic) bond motifs is 1. The van der Waals surface area contributed by atoms with E-state index in [0.717, 1.165) is 18.7 Å². The van der Waals surface area contributed by atoms with Gasteiger partial charge in [-0.15, -0.1) is 0 Å². The quantitative estimate of drug-likeness (QED) is 0.801. The van der Waals surface area contributed by atoms with Crippen LogP contribution in [0.3, 0.4) is 0 Å². The predicted molar refractivity (Wildman–Crippen MR) is 59.2 cm³/mol. The molecule has 1 aliphatic rings. The molecular formula is C12H15NO2. The van der Waals surface area contributed by atoms with Crippen molar-refractivity contribution in [3.8, 4) is 0 Å². The number of para-hydroxylation sites is 1. The van der Waals surface area contributed by atoms with E-state index in [4.69, 9.17) is 5.11 Å². The maximum absolute atomic E-state index is 11.1. The van der Waals surface area contributed by atoms with E-state index in [1.165, 1.54) is 5.56 Å².